The predicted octanol–water partition coefficient (Wildman–Crippen LogP) is -0.391. The van der Waals surface area contributed by atoms with Crippen molar-refractivity contribution < 1.29 is 10.2 Å². The third kappa shape index (κ3) is 1.97. The van der Waals surface area contributed by atoms with Crippen molar-refractivity contribution in [2.45, 2.75) is 13.0 Å². The molecule has 0 aliphatic heterocycles. The lowest BCUT2D eigenvalue weighted by atomic mass is 10.1. The van der Waals surface area contributed by atoms with Crippen LogP contribution in [-0.2, 0) is 0 Å². The molecule has 2 atom stereocenters. The van der Waals surface area contributed by atoms with Gasteiger partial charge in [0.05, 0.1) is 0 Å². The maximum absolute atomic E-state index is 8.73. The highest BCUT2D eigenvalue weighted by Crippen LogP contribution is 1.98. The summed E-state index contributed by atoms with van der Waals surface area (Å²) >= 11 is 0. The van der Waals surface area contributed by atoms with E-state index in [4.69, 9.17) is 16.6 Å². The van der Waals surface area contributed by atoms with Gasteiger partial charge in [0.25, 0.3) is 0 Å². The Morgan fingerprint density at radius 3 is 2.38 bits per heavy atom. The first kappa shape index (κ1) is 7.48. The average Bonchev–Trinajstić information content (AvgIpc) is 1.84. The minimum atomic E-state index is -0.806. The highest BCUT2D eigenvalue weighted by Gasteiger charge is 2.07. The second-order valence-electron chi connectivity index (χ2n) is 1.77. The minimum Gasteiger partial charge on any atom is -0.396 e. The van der Waals surface area contributed by atoms with Crippen LogP contribution in [0.1, 0.15) is 6.92 Å². The smallest absolute Gasteiger partial charge is 0.119 e. The topological polar surface area (TPSA) is 40.5 Å². The SMILES string of the molecule is C#C[C@@H](O)[C@@H](C)CO. The summed E-state index contributed by atoms with van der Waals surface area (Å²) in [4.78, 5) is 0. The van der Waals surface area contributed by atoms with Gasteiger partial charge in [-0.2, -0.15) is 0 Å². The molecule has 0 saturated heterocycles. The van der Waals surface area contributed by atoms with Crippen molar-refractivity contribution in [3.8, 4) is 12.3 Å². The lowest BCUT2D eigenvalue weighted by Crippen LogP contribution is -2.18. The van der Waals surface area contributed by atoms with Crippen LogP contribution in [0.4, 0.5) is 0 Å². The van der Waals surface area contributed by atoms with Crippen molar-refractivity contribution in [2.75, 3.05) is 6.61 Å². The number of hydrogen-bond acceptors (Lipinski definition) is 2. The van der Waals surface area contributed by atoms with Crippen LogP contribution in [0, 0.1) is 18.3 Å². The molecule has 0 fully saturated rings. The maximum atomic E-state index is 8.73. The molecule has 0 aromatic heterocycles. The van der Waals surface area contributed by atoms with Crippen molar-refractivity contribution in [1.82, 2.24) is 0 Å². The second kappa shape index (κ2) is 3.48. The fourth-order valence-electron chi connectivity index (χ4n) is 0.264. The third-order valence-electron chi connectivity index (χ3n) is 0.998. The highest BCUT2D eigenvalue weighted by atomic mass is 16.3. The summed E-state index contributed by atoms with van der Waals surface area (Å²) in [5.41, 5.74) is 0. The molecule has 2 heteroatoms. The van der Waals surface area contributed by atoms with Crippen LogP contribution < -0.4 is 0 Å². The van der Waals surface area contributed by atoms with Crippen LogP contribution >= 0.6 is 0 Å². The van der Waals surface area contributed by atoms with Gasteiger partial charge in [-0.3, -0.25) is 0 Å². The van der Waals surface area contributed by atoms with Gasteiger partial charge in [0.1, 0.15) is 6.10 Å². The van der Waals surface area contributed by atoms with E-state index in [-0.39, 0.29) is 12.5 Å². The first-order valence-corrected chi connectivity index (χ1v) is 2.47. The standard InChI is InChI=1S/C6H10O2/c1-3-6(8)5(2)4-7/h1,5-8H,4H2,2H3/t5-,6+/m0/s1. The lowest BCUT2D eigenvalue weighted by Gasteiger charge is -2.08. The number of rotatable bonds is 2. The Bertz CT molecular complexity index is 93.2. The fourth-order valence-corrected chi connectivity index (χ4v) is 0.264. The molecular formula is C6H10O2. The van der Waals surface area contributed by atoms with E-state index < -0.39 is 6.10 Å². The summed E-state index contributed by atoms with van der Waals surface area (Å²) < 4.78 is 0. The van der Waals surface area contributed by atoms with Crippen molar-refractivity contribution in [3.05, 3.63) is 0 Å². The van der Waals surface area contributed by atoms with Crippen molar-refractivity contribution in [2.24, 2.45) is 5.92 Å². The number of aliphatic hydroxyl groups excluding tert-OH is 2. The van der Waals surface area contributed by atoms with Gasteiger partial charge in [0.15, 0.2) is 0 Å². The fraction of sp³-hybridized carbons (Fsp3) is 0.667. The van der Waals surface area contributed by atoms with E-state index in [1.165, 1.54) is 0 Å². The molecule has 0 radical (unpaired) electrons. The van der Waals surface area contributed by atoms with Gasteiger partial charge in [0.2, 0.25) is 0 Å². The van der Waals surface area contributed by atoms with Gasteiger partial charge < -0.3 is 10.2 Å². The summed E-state index contributed by atoms with van der Waals surface area (Å²) in [6.07, 6.45) is 4.03. The summed E-state index contributed by atoms with van der Waals surface area (Å²) in [5.74, 6) is 1.90. The zero-order chi connectivity index (χ0) is 6.57. The van der Waals surface area contributed by atoms with E-state index in [2.05, 4.69) is 5.92 Å². The Kier molecular flexibility index (Phi) is 3.25. The Morgan fingerprint density at radius 1 is 1.75 bits per heavy atom. The maximum Gasteiger partial charge on any atom is 0.119 e. The molecule has 0 aromatic rings. The third-order valence-corrected chi connectivity index (χ3v) is 0.998. The monoisotopic (exact) mass is 114 g/mol. The van der Waals surface area contributed by atoms with Crippen LogP contribution in [0.5, 0.6) is 0 Å². The molecule has 0 saturated carbocycles. The van der Waals surface area contributed by atoms with Gasteiger partial charge in [-0.1, -0.05) is 12.8 Å². The number of terminal acetylenes is 1. The van der Waals surface area contributed by atoms with Crippen LogP contribution in [0.25, 0.3) is 0 Å². The van der Waals surface area contributed by atoms with Crippen molar-refractivity contribution >= 4 is 0 Å². The Balaban J connectivity index is 3.49. The molecule has 0 aromatic carbocycles. The average molecular weight is 114 g/mol. The van der Waals surface area contributed by atoms with Crippen LogP contribution in [-0.4, -0.2) is 22.9 Å². The molecule has 8 heavy (non-hydrogen) atoms. The molecule has 46 valence electrons. The molecule has 0 spiro atoms. The predicted molar refractivity (Wildman–Crippen MR) is 31.1 cm³/mol. The van der Waals surface area contributed by atoms with Gasteiger partial charge in [-0.05, 0) is 0 Å². The van der Waals surface area contributed by atoms with Gasteiger partial charge in [-0.15, -0.1) is 6.42 Å². The summed E-state index contributed by atoms with van der Waals surface area (Å²) in [5, 5.41) is 17.1. The van der Waals surface area contributed by atoms with Gasteiger partial charge >= 0.3 is 0 Å². The zero-order valence-electron chi connectivity index (χ0n) is 4.83. The molecular weight excluding hydrogens is 104 g/mol. The van der Waals surface area contributed by atoms with E-state index in [9.17, 15) is 0 Å². The molecule has 2 nitrogen and oxygen atoms in total. The first-order valence-electron chi connectivity index (χ1n) is 2.47. The molecule has 2 N–H and O–H groups in total. The van der Waals surface area contributed by atoms with E-state index in [1.807, 2.05) is 0 Å². The molecule has 0 unspecified atom stereocenters. The van der Waals surface area contributed by atoms with Crippen molar-refractivity contribution in [3.63, 3.8) is 0 Å². The molecule has 0 amide bonds. The Hall–Kier alpha value is -0.520. The number of hydrogen-bond donors (Lipinski definition) is 2. The quantitative estimate of drug-likeness (QED) is 0.480. The molecule has 0 rings (SSSR count). The zero-order valence-corrected chi connectivity index (χ0v) is 4.83. The Morgan fingerprint density at radius 2 is 2.25 bits per heavy atom. The van der Waals surface area contributed by atoms with Gasteiger partial charge in [-0.25, -0.2) is 0 Å². The van der Waals surface area contributed by atoms with Crippen LogP contribution in [0.2, 0.25) is 0 Å². The van der Waals surface area contributed by atoms with Crippen LogP contribution in [0.15, 0.2) is 0 Å². The first-order chi connectivity index (χ1) is 3.72. The summed E-state index contributed by atoms with van der Waals surface area (Å²) in [7, 11) is 0. The largest absolute Gasteiger partial charge is 0.396 e. The van der Waals surface area contributed by atoms with Crippen LogP contribution in [0.3, 0.4) is 0 Å². The molecule has 0 aliphatic rings. The molecule has 0 bridgehead atoms. The molecule has 0 aliphatic carbocycles. The highest BCUT2D eigenvalue weighted by molar-refractivity contribution is 4.95. The molecule has 0 heterocycles. The Labute approximate surface area is 49.2 Å². The van der Waals surface area contributed by atoms with E-state index in [0.717, 1.165) is 0 Å². The van der Waals surface area contributed by atoms with Crippen molar-refractivity contribution in [1.29, 1.82) is 0 Å². The summed E-state index contributed by atoms with van der Waals surface area (Å²) in [6, 6.07) is 0. The van der Waals surface area contributed by atoms with Gasteiger partial charge in [0, 0.05) is 12.5 Å². The van der Waals surface area contributed by atoms with E-state index in [1.54, 1.807) is 6.92 Å². The van der Waals surface area contributed by atoms with E-state index in [0.29, 0.717) is 0 Å². The minimum absolute atomic E-state index is 0.0641. The normalized spacial score (nSPS) is 16.8. The number of aliphatic hydroxyl groups is 2. The summed E-state index contributed by atoms with van der Waals surface area (Å²) in [6.45, 7) is 1.62. The van der Waals surface area contributed by atoms with E-state index >= 15 is 0 Å². The second-order valence-corrected chi connectivity index (χ2v) is 1.77. The lowest BCUT2D eigenvalue weighted by molar-refractivity contribution is 0.118.